The van der Waals surface area contributed by atoms with Crippen molar-refractivity contribution in [1.29, 1.82) is 0 Å². The van der Waals surface area contributed by atoms with Crippen molar-refractivity contribution in [3.63, 3.8) is 0 Å². The number of allylic oxidation sites excluding steroid dienone is 8. The summed E-state index contributed by atoms with van der Waals surface area (Å²) < 4.78 is 15.1. The summed E-state index contributed by atoms with van der Waals surface area (Å²) in [5.74, 6) is 0. The molecule has 0 fully saturated rings. The van der Waals surface area contributed by atoms with Crippen LogP contribution in [0.4, 0.5) is 0 Å². The lowest BCUT2D eigenvalue weighted by molar-refractivity contribution is 1.22. The van der Waals surface area contributed by atoms with Crippen LogP contribution in [0, 0.1) is 0 Å². The summed E-state index contributed by atoms with van der Waals surface area (Å²) in [5.41, 5.74) is 6.49. The molecule has 4 rings (SSSR count). The van der Waals surface area contributed by atoms with Crippen LogP contribution >= 0.6 is 15.9 Å². The largest absolute Gasteiger partial charge is 0.256 e. The maximum Gasteiger partial charge on any atom is 0.106 e. The van der Waals surface area contributed by atoms with Crippen LogP contribution in [0.25, 0.3) is 5.57 Å². The van der Waals surface area contributed by atoms with E-state index in [1.54, 1.807) is 24.4 Å². The number of hydrogen-bond donors (Lipinski definition) is 0. The van der Waals surface area contributed by atoms with Gasteiger partial charge in [0.2, 0.25) is 0 Å². The van der Waals surface area contributed by atoms with Gasteiger partial charge in [0.15, 0.2) is 0 Å². The topological polar surface area (TPSA) is 25.8 Å². The molecule has 0 spiro atoms. The minimum Gasteiger partial charge on any atom is -0.256 e. The van der Waals surface area contributed by atoms with Gasteiger partial charge in [-0.25, -0.2) is 4.98 Å². The molecule has 0 amide bonds. The van der Waals surface area contributed by atoms with Gasteiger partial charge in [-0.2, -0.15) is 0 Å². The first-order valence-corrected chi connectivity index (χ1v) is 9.36. The summed E-state index contributed by atoms with van der Waals surface area (Å²) in [6.45, 7) is 6.44. The number of pyridine rings is 2. The number of hydrogen-bond acceptors (Lipinski definition) is 2. The lowest BCUT2D eigenvalue weighted by Gasteiger charge is -2.00. The van der Waals surface area contributed by atoms with E-state index in [0.717, 1.165) is 16.7 Å². The lowest BCUT2D eigenvalue weighted by atomic mass is 10.1. The van der Waals surface area contributed by atoms with Crippen LogP contribution in [-0.2, 0) is 0 Å². The first-order valence-electron chi connectivity index (χ1n) is 9.57. The summed E-state index contributed by atoms with van der Waals surface area (Å²) in [6, 6.07) is 7.99. The van der Waals surface area contributed by atoms with E-state index in [4.69, 9.17) is 2.74 Å². The van der Waals surface area contributed by atoms with Crippen molar-refractivity contribution in [3.8, 4) is 0 Å². The Kier molecular flexibility index (Phi) is 13.4. The zero-order chi connectivity index (χ0) is 20.5. The smallest absolute Gasteiger partial charge is 0.106 e. The molecule has 158 valence electrons. The Hall–Kier alpha value is -2.26. The number of aromatic nitrogens is 2. The third-order valence-electron chi connectivity index (χ3n) is 4.10. The van der Waals surface area contributed by atoms with E-state index in [9.17, 15) is 0 Å². The zero-order valence-electron chi connectivity index (χ0n) is 17.5. The molecular formula is C26H37BrN2. The minimum atomic E-state index is 0. The fraction of sp³-hybridized carbons (Fsp3) is 0.308. The molecule has 2 aromatic rings. The molecule has 0 aliphatic heterocycles. The first kappa shape index (κ1) is 24.8. The third kappa shape index (κ3) is 10.2. The average molecular weight is 462 g/mol. The highest BCUT2D eigenvalue weighted by Gasteiger charge is 2.06. The number of rotatable bonds is 1. The van der Waals surface area contributed by atoms with Gasteiger partial charge in [-0.05, 0) is 79.3 Å². The first-order chi connectivity index (χ1) is 13.4. The van der Waals surface area contributed by atoms with Crippen LogP contribution in [-0.4, -0.2) is 9.97 Å². The third-order valence-corrected chi connectivity index (χ3v) is 4.57. The second kappa shape index (κ2) is 15.6. The van der Waals surface area contributed by atoms with Crippen molar-refractivity contribution in [3.05, 3.63) is 100 Å². The van der Waals surface area contributed by atoms with Crippen LogP contribution in [0.5, 0.6) is 0 Å². The number of nitrogens with zero attached hydrogens (tertiary/aromatic N) is 2. The highest BCUT2D eigenvalue weighted by Crippen LogP contribution is 2.25. The Bertz CT molecular complexity index is 888. The highest BCUT2D eigenvalue weighted by molar-refractivity contribution is 9.10. The molecule has 0 saturated heterocycles. The van der Waals surface area contributed by atoms with Gasteiger partial charge >= 0.3 is 0 Å². The van der Waals surface area contributed by atoms with Crippen molar-refractivity contribution >= 4 is 21.5 Å². The Labute approximate surface area is 190 Å². The molecule has 29 heavy (non-hydrogen) atoms. The number of halogens is 1. The molecular weight excluding hydrogens is 420 g/mol. The Morgan fingerprint density at radius 2 is 1.41 bits per heavy atom. The zero-order valence-corrected chi connectivity index (χ0v) is 17.0. The molecule has 0 unspecified atom stereocenters. The molecule has 2 aliphatic rings. The monoisotopic (exact) mass is 460 g/mol. The van der Waals surface area contributed by atoms with E-state index in [1.807, 2.05) is 6.07 Å². The van der Waals surface area contributed by atoms with Gasteiger partial charge < -0.3 is 0 Å². The maximum absolute atomic E-state index is 7.32. The molecule has 0 aromatic carbocycles. The second-order valence-corrected chi connectivity index (χ2v) is 6.91. The standard InChI is InChI=1S/C11H11N.C7H10.C5H4BrN.3CH4/c1-9-5-4-6-10(9)11-7-2-3-8-12-11;1-6-4-3-5-7(6)2;6-5-3-1-2-4-7-5;;;/h2-4,6-8H,5H2,1H3;3-4H,5H2,1-2H3;1-4H;3*1H4/i3T;;2T;;;. The van der Waals surface area contributed by atoms with Crippen LogP contribution in [0.1, 0.15) is 64.3 Å². The SMILES string of the molecule is C.C.C.CC1=C(C)CC=C1.[3H]c1ccc(Br)nc1.[3H]c1ccc(C2=C(C)CC=C2)nc1. The van der Waals surface area contributed by atoms with E-state index in [0.29, 0.717) is 12.1 Å². The molecule has 2 heterocycles. The van der Waals surface area contributed by atoms with Gasteiger partial charge in [0.05, 0.1) is 8.44 Å². The molecule has 0 atom stereocenters. The molecule has 2 aromatic heterocycles. The predicted molar refractivity (Wildman–Crippen MR) is 135 cm³/mol. The van der Waals surface area contributed by atoms with Gasteiger partial charge in [0.1, 0.15) is 4.60 Å². The Morgan fingerprint density at radius 3 is 1.76 bits per heavy atom. The van der Waals surface area contributed by atoms with E-state index >= 15 is 0 Å². The molecule has 0 saturated carbocycles. The molecule has 2 nitrogen and oxygen atoms in total. The average Bonchev–Trinajstić information content (AvgIpc) is 3.27. The second-order valence-electron chi connectivity index (χ2n) is 6.09. The summed E-state index contributed by atoms with van der Waals surface area (Å²) >= 11 is 3.15. The van der Waals surface area contributed by atoms with Crippen LogP contribution < -0.4 is 0 Å². The quantitative estimate of drug-likeness (QED) is 0.396. The minimum absolute atomic E-state index is 0. The highest BCUT2D eigenvalue weighted by atomic mass is 79.9. The normalized spacial score (nSPS) is 14.2. The summed E-state index contributed by atoms with van der Waals surface area (Å²) in [5, 5.41) is 0. The van der Waals surface area contributed by atoms with Gasteiger partial charge in [-0.1, -0.05) is 75.4 Å². The summed E-state index contributed by atoms with van der Waals surface area (Å²) in [7, 11) is 0. The Balaban J connectivity index is 0. The summed E-state index contributed by atoms with van der Waals surface area (Å²) in [6.07, 6.45) is 13.9. The van der Waals surface area contributed by atoms with Crippen molar-refractivity contribution in [1.82, 2.24) is 9.97 Å². The van der Waals surface area contributed by atoms with E-state index in [1.165, 1.54) is 34.9 Å². The fourth-order valence-corrected chi connectivity index (χ4v) is 2.64. The van der Waals surface area contributed by atoms with Crippen molar-refractivity contribution in [2.24, 2.45) is 0 Å². The van der Waals surface area contributed by atoms with Gasteiger partial charge in [-0.15, -0.1) is 0 Å². The molecule has 2 aliphatic carbocycles. The molecule has 3 heteroatoms. The van der Waals surface area contributed by atoms with Crippen LogP contribution in [0.3, 0.4) is 0 Å². The lowest BCUT2D eigenvalue weighted by Crippen LogP contribution is -1.85. The van der Waals surface area contributed by atoms with Crippen LogP contribution in [0.15, 0.2) is 94.4 Å². The molecule has 0 bridgehead atoms. The summed E-state index contributed by atoms with van der Waals surface area (Å²) in [4.78, 5) is 8.02. The van der Waals surface area contributed by atoms with Crippen molar-refractivity contribution < 1.29 is 2.74 Å². The van der Waals surface area contributed by atoms with Crippen molar-refractivity contribution in [2.45, 2.75) is 55.9 Å². The van der Waals surface area contributed by atoms with E-state index in [2.05, 4.69) is 71.0 Å². The Morgan fingerprint density at radius 1 is 0.828 bits per heavy atom. The van der Waals surface area contributed by atoms with E-state index in [-0.39, 0.29) is 22.3 Å². The van der Waals surface area contributed by atoms with Crippen LogP contribution in [0.2, 0.25) is 0 Å². The predicted octanol–water partition coefficient (Wildman–Crippen LogP) is 8.85. The van der Waals surface area contributed by atoms with Gasteiger partial charge in [-0.3, -0.25) is 4.98 Å². The molecule has 0 radical (unpaired) electrons. The van der Waals surface area contributed by atoms with Gasteiger partial charge in [0, 0.05) is 12.4 Å². The van der Waals surface area contributed by atoms with E-state index < -0.39 is 0 Å². The molecule has 0 N–H and O–H groups in total. The van der Waals surface area contributed by atoms with Gasteiger partial charge in [0.25, 0.3) is 0 Å². The maximum atomic E-state index is 7.32. The van der Waals surface area contributed by atoms with Crippen molar-refractivity contribution in [2.75, 3.05) is 0 Å². The fourth-order valence-electron chi connectivity index (χ4n) is 2.41.